The first-order valence-corrected chi connectivity index (χ1v) is 7.73. The highest BCUT2D eigenvalue weighted by Gasteiger charge is 2.32. The van der Waals surface area contributed by atoms with Gasteiger partial charge in [0.15, 0.2) is 11.5 Å². The number of nitrogens with zero attached hydrogens (tertiary/aromatic N) is 1. The van der Waals surface area contributed by atoms with E-state index in [1.807, 2.05) is 17.5 Å². The maximum atomic E-state index is 12.2. The topological polar surface area (TPSA) is 55.1 Å². The summed E-state index contributed by atoms with van der Waals surface area (Å²) in [5.74, 6) is 0.510. The van der Waals surface area contributed by atoms with E-state index < -0.39 is 0 Å². The van der Waals surface area contributed by atoms with E-state index in [9.17, 15) is 4.79 Å². The molecule has 1 saturated carbocycles. The molecule has 2 heterocycles. The zero-order chi connectivity index (χ0) is 14.2. The number of carbonyl (C=O) groups excluding carboxylic acids is 1. The minimum Gasteiger partial charge on any atom is -0.355 e. The molecule has 2 aromatic heterocycles. The average Bonchev–Trinajstić information content (AvgIpc) is 3.08. The van der Waals surface area contributed by atoms with Gasteiger partial charge in [0.1, 0.15) is 0 Å². The summed E-state index contributed by atoms with van der Waals surface area (Å²) in [4.78, 5) is 13.1. The first-order valence-electron chi connectivity index (χ1n) is 6.85. The number of aromatic nitrogens is 1. The summed E-state index contributed by atoms with van der Waals surface area (Å²) >= 11 is 1.57. The molecule has 0 saturated heterocycles. The minimum atomic E-state index is -0.140. The van der Waals surface area contributed by atoms with Gasteiger partial charge in [-0.05, 0) is 36.1 Å². The smallest absolute Gasteiger partial charge is 0.273 e. The largest absolute Gasteiger partial charge is 0.355 e. The van der Waals surface area contributed by atoms with E-state index in [0.29, 0.717) is 16.9 Å². The van der Waals surface area contributed by atoms with Gasteiger partial charge in [0, 0.05) is 12.1 Å². The number of hydrogen-bond acceptors (Lipinski definition) is 4. The maximum absolute atomic E-state index is 12.2. The molecule has 1 fully saturated rings. The van der Waals surface area contributed by atoms with Crippen LogP contribution < -0.4 is 5.32 Å². The molecule has 3 rings (SSSR count). The van der Waals surface area contributed by atoms with E-state index in [-0.39, 0.29) is 11.9 Å². The van der Waals surface area contributed by atoms with E-state index in [4.69, 9.17) is 4.52 Å². The maximum Gasteiger partial charge on any atom is 0.273 e. The van der Waals surface area contributed by atoms with Crippen LogP contribution >= 0.6 is 11.3 Å². The second kappa shape index (κ2) is 5.05. The molecule has 0 bridgehead atoms. The molecule has 1 amide bonds. The molecule has 20 heavy (non-hydrogen) atoms. The van der Waals surface area contributed by atoms with Crippen molar-refractivity contribution in [2.45, 2.75) is 39.2 Å². The summed E-state index contributed by atoms with van der Waals surface area (Å²) in [6.45, 7) is 4.48. The SMILES string of the molecule is CC1(C)CCC(NC(=O)c2cc(-c3cccs3)on2)C1. The third kappa shape index (κ3) is 2.77. The van der Waals surface area contributed by atoms with Crippen LogP contribution in [0, 0.1) is 5.41 Å². The first-order chi connectivity index (χ1) is 9.53. The van der Waals surface area contributed by atoms with Crippen molar-refractivity contribution < 1.29 is 9.32 Å². The van der Waals surface area contributed by atoms with Crippen molar-refractivity contribution in [2.75, 3.05) is 0 Å². The van der Waals surface area contributed by atoms with Gasteiger partial charge in [0.05, 0.1) is 4.88 Å². The van der Waals surface area contributed by atoms with Crippen molar-refractivity contribution in [3.8, 4) is 10.6 Å². The Morgan fingerprint density at radius 2 is 2.40 bits per heavy atom. The molecule has 1 aliphatic rings. The van der Waals surface area contributed by atoms with Gasteiger partial charge < -0.3 is 9.84 Å². The lowest BCUT2D eigenvalue weighted by molar-refractivity contribution is 0.0927. The van der Waals surface area contributed by atoms with Crippen molar-refractivity contribution in [3.63, 3.8) is 0 Å². The molecule has 4 nitrogen and oxygen atoms in total. The molecule has 1 unspecified atom stereocenters. The molecule has 2 aromatic rings. The fraction of sp³-hybridized carbons (Fsp3) is 0.467. The van der Waals surface area contributed by atoms with Crippen LogP contribution in [-0.2, 0) is 0 Å². The van der Waals surface area contributed by atoms with Crippen LogP contribution in [0.1, 0.15) is 43.6 Å². The molecule has 0 spiro atoms. The zero-order valence-electron chi connectivity index (χ0n) is 11.7. The van der Waals surface area contributed by atoms with E-state index in [0.717, 1.165) is 24.1 Å². The minimum absolute atomic E-state index is 0.140. The predicted octanol–water partition coefficient (Wildman–Crippen LogP) is 3.71. The fourth-order valence-electron chi connectivity index (χ4n) is 2.74. The lowest BCUT2D eigenvalue weighted by Gasteiger charge is -2.17. The normalized spacial score (nSPS) is 21.0. The van der Waals surface area contributed by atoms with E-state index in [1.54, 1.807) is 17.4 Å². The van der Waals surface area contributed by atoms with Gasteiger partial charge >= 0.3 is 0 Å². The predicted molar refractivity (Wildman–Crippen MR) is 78.7 cm³/mol. The third-order valence-corrected chi connectivity index (χ3v) is 4.70. The lowest BCUT2D eigenvalue weighted by Crippen LogP contribution is -2.33. The Balaban J connectivity index is 1.66. The Bertz CT molecular complexity index is 601. The molecular weight excluding hydrogens is 272 g/mol. The monoisotopic (exact) mass is 290 g/mol. The Hall–Kier alpha value is -1.62. The van der Waals surface area contributed by atoms with Crippen LogP contribution in [0.3, 0.4) is 0 Å². The molecular formula is C15H18N2O2S. The second-order valence-electron chi connectivity index (χ2n) is 6.13. The van der Waals surface area contributed by atoms with E-state index >= 15 is 0 Å². The molecule has 0 radical (unpaired) electrons. The fourth-order valence-corrected chi connectivity index (χ4v) is 3.41. The quantitative estimate of drug-likeness (QED) is 0.937. The van der Waals surface area contributed by atoms with Crippen LogP contribution in [-0.4, -0.2) is 17.1 Å². The second-order valence-corrected chi connectivity index (χ2v) is 7.08. The van der Waals surface area contributed by atoms with Gasteiger partial charge in [-0.3, -0.25) is 4.79 Å². The van der Waals surface area contributed by atoms with Crippen LogP contribution in [0.15, 0.2) is 28.1 Å². The molecule has 106 valence electrons. The van der Waals surface area contributed by atoms with Gasteiger partial charge in [-0.2, -0.15) is 0 Å². The summed E-state index contributed by atoms with van der Waals surface area (Å²) in [5, 5.41) is 8.89. The van der Waals surface area contributed by atoms with Crippen molar-refractivity contribution in [1.82, 2.24) is 10.5 Å². The van der Waals surface area contributed by atoms with E-state index in [1.165, 1.54) is 0 Å². The molecule has 1 N–H and O–H groups in total. The van der Waals surface area contributed by atoms with Gasteiger partial charge in [-0.1, -0.05) is 25.1 Å². The highest BCUT2D eigenvalue weighted by molar-refractivity contribution is 7.13. The number of hydrogen-bond donors (Lipinski definition) is 1. The standard InChI is InChI=1S/C15H18N2O2S/c1-15(2)6-5-10(9-15)16-14(18)11-8-12(19-17-11)13-4-3-7-20-13/h3-4,7-8,10H,5-6,9H2,1-2H3,(H,16,18). The van der Waals surface area contributed by atoms with Gasteiger partial charge in [-0.25, -0.2) is 0 Å². The molecule has 0 aliphatic heterocycles. The van der Waals surface area contributed by atoms with Crippen molar-refractivity contribution in [2.24, 2.45) is 5.41 Å². The van der Waals surface area contributed by atoms with Crippen LogP contribution in [0.2, 0.25) is 0 Å². The summed E-state index contributed by atoms with van der Waals surface area (Å²) in [5.41, 5.74) is 0.683. The molecule has 0 aromatic carbocycles. The van der Waals surface area contributed by atoms with E-state index in [2.05, 4.69) is 24.3 Å². The average molecular weight is 290 g/mol. The number of thiophene rings is 1. The Kier molecular flexibility index (Phi) is 3.38. The summed E-state index contributed by atoms with van der Waals surface area (Å²) in [7, 11) is 0. The van der Waals surface area contributed by atoms with Gasteiger partial charge in [0.25, 0.3) is 5.91 Å². The zero-order valence-corrected chi connectivity index (χ0v) is 12.5. The van der Waals surface area contributed by atoms with Gasteiger partial charge in [-0.15, -0.1) is 11.3 Å². The molecule has 1 atom stereocenters. The first kappa shape index (κ1) is 13.4. The highest BCUT2D eigenvalue weighted by atomic mass is 32.1. The summed E-state index contributed by atoms with van der Waals surface area (Å²) in [6, 6.07) is 5.86. The third-order valence-electron chi connectivity index (χ3n) is 3.81. The summed E-state index contributed by atoms with van der Waals surface area (Å²) in [6.07, 6.45) is 3.21. The Morgan fingerprint density at radius 3 is 3.05 bits per heavy atom. The summed E-state index contributed by atoms with van der Waals surface area (Å²) < 4.78 is 5.24. The Morgan fingerprint density at radius 1 is 1.55 bits per heavy atom. The molecule has 5 heteroatoms. The van der Waals surface area contributed by atoms with Gasteiger partial charge in [0.2, 0.25) is 0 Å². The highest BCUT2D eigenvalue weighted by Crippen LogP contribution is 2.37. The van der Waals surface area contributed by atoms with Crippen LogP contribution in [0.4, 0.5) is 0 Å². The van der Waals surface area contributed by atoms with Crippen LogP contribution in [0.25, 0.3) is 10.6 Å². The van der Waals surface area contributed by atoms with Crippen LogP contribution in [0.5, 0.6) is 0 Å². The Labute approximate surface area is 122 Å². The number of amides is 1. The molecule has 1 aliphatic carbocycles. The lowest BCUT2D eigenvalue weighted by atomic mass is 9.92. The van der Waals surface area contributed by atoms with Crippen molar-refractivity contribution in [1.29, 1.82) is 0 Å². The number of nitrogens with one attached hydrogen (secondary N) is 1. The number of carbonyl (C=O) groups is 1. The van der Waals surface area contributed by atoms with Crippen molar-refractivity contribution in [3.05, 3.63) is 29.3 Å². The number of rotatable bonds is 3. The van der Waals surface area contributed by atoms with Crippen molar-refractivity contribution >= 4 is 17.2 Å².